The zero-order chi connectivity index (χ0) is 28.7. The van der Waals surface area contributed by atoms with E-state index in [1.807, 2.05) is 30.3 Å². The molecule has 4 aliphatic rings. The Morgan fingerprint density at radius 3 is 2.80 bits per heavy atom. The molecule has 9 heteroatoms. The molecular weight excluding hydrogens is 555 g/mol. The normalized spacial score (nSPS) is 25.7. The number of nitrogens with one attached hydrogen (secondary N) is 2. The third kappa shape index (κ3) is 5.86. The Bertz CT molecular complexity index is 1520. The van der Waals surface area contributed by atoms with Crippen molar-refractivity contribution in [3.63, 3.8) is 0 Å². The minimum atomic E-state index is -0.0661. The van der Waals surface area contributed by atoms with Gasteiger partial charge in [0.25, 0.3) is 5.56 Å². The van der Waals surface area contributed by atoms with Crippen LogP contribution in [0.25, 0.3) is 10.9 Å². The van der Waals surface area contributed by atoms with E-state index in [9.17, 15) is 4.79 Å². The van der Waals surface area contributed by atoms with Crippen molar-refractivity contribution in [1.82, 2.24) is 25.1 Å². The van der Waals surface area contributed by atoms with Crippen molar-refractivity contribution < 1.29 is 0 Å². The summed E-state index contributed by atoms with van der Waals surface area (Å²) in [4.78, 5) is 25.4. The summed E-state index contributed by atoms with van der Waals surface area (Å²) < 4.78 is 1.64. The SMILES string of the molecule is C[C@H]1CN(C(=Nc2ccc3c(=O)n(CCc4ccc(Cl)cc4Cl)cnc3c2)NC[C@@H]2CC[C@H]3C[C@H]2C3(C)C)CCN1. The molecule has 7 nitrogen and oxygen atoms in total. The molecule has 0 radical (unpaired) electrons. The van der Waals surface area contributed by atoms with Crippen LogP contribution in [0.1, 0.15) is 45.6 Å². The molecule has 0 spiro atoms. The highest BCUT2D eigenvalue weighted by molar-refractivity contribution is 6.35. The Balaban J connectivity index is 1.21. The van der Waals surface area contributed by atoms with Crippen LogP contribution in [0.3, 0.4) is 0 Å². The van der Waals surface area contributed by atoms with Crippen molar-refractivity contribution >= 4 is 45.8 Å². The van der Waals surface area contributed by atoms with Gasteiger partial charge in [-0.2, -0.15) is 0 Å². The molecule has 2 heterocycles. The van der Waals surface area contributed by atoms with E-state index in [0.29, 0.717) is 51.3 Å². The molecule has 3 saturated carbocycles. The summed E-state index contributed by atoms with van der Waals surface area (Å²) in [6.07, 6.45) is 6.25. The lowest BCUT2D eigenvalue weighted by molar-refractivity contribution is -0.103. The number of hydrogen-bond donors (Lipinski definition) is 2. The molecule has 1 aliphatic heterocycles. The van der Waals surface area contributed by atoms with Crippen LogP contribution in [0.5, 0.6) is 0 Å². The highest BCUT2D eigenvalue weighted by atomic mass is 35.5. The van der Waals surface area contributed by atoms with Crippen molar-refractivity contribution in [2.75, 3.05) is 26.2 Å². The van der Waals surface area contributed by atoms with Gasteiger partial charge in [0.05, 0.1) is 22.9 Å². The Morgan fingerprint density at radius 1 is 1.20 bits per heavy atom. The van der Waals surface area contributed by atoms with E-state index < -0.39 is 0 Å². The van der Waals surface area contributed by atoms with Crippen molar-refractivity contribution in [2.24, 2.45) is 28.2 Å². The number of benzene rings is 2. The second kappa shape index (κ2) is 11.6. The largest absolute Gasteiger partial charge is 0.356 e. The second-order valence-corrected chi connectivity index (χ2v) is 13.6. The number of guanidine groups is 1. The van der Waals surface area contributed by atoms with E-state index in [1.165, 1.54) is 19.3 Å². The number of piperazine rings is 1. The lowest BCUT2D eigenvalue weighted by Gasteiger charge is -2.60. The van der Waals surface area contributed by atoms with Crippen LogP contribution in [-0.2, 0) is 13.0 Å². The fourth-order valence-electron chi connectivity index (χ4n) is 7.24. The summed E-state index contributed by atoms with van der Waals surface area (Å²) in [7, 11) is 0. The molecule has 4 fully saturated rings. The topological polar surface area (TPSA) is 74.5 Å². The summed E-state index contributed by atoms with van der Waals surface area (Å²) in [6.45, 7) is 11.3. The van der Waals surface area contributed by atoms with E-state index in [-0.39, 0.29) is 5.56 Å². The lowest BCUT2D eigenvalue weighted by atomic mass is 9.45. The maximum Gasteiger partial charge on any atom is 0.261 e. The summed E-state index contributed by atoms with van der Waals surface area (Å²) in [5, 5.41) is 9.10. The first-order valence-electron chi connectivity index (χ1n) is 14.9. The van der Waals surface area contributed by atoms with E-state index in [0.717, 1.165) is 55.2 Å². The number of halogens is 2. The summed E-state index contributed by atoms with van der Waals surface area (Å²) in [6, 6.07) is 11.5. The molecule has 3 aliphatic carbocycles. The molecule has 3 aromatic rings. The van der Waals surface area contributed by atoms with Crippen LogP contribution < -0.4 is 16.2 Å². The minimum absolute atomic E-state index is 0.0661. The number of nitrogens with zero attached hydrogens (tertiary/aromatic N) is 4. The second-order valence-electron chi connectivity index (χ2n) is 12.7. The fourth-order valence-corrected chi connectivity index (χ4v) is 7.74. The van der Waals surface area contributed by atoms with Gasteiger partial charge in [0.15, 0.2) is 5.96 Å². The van der Waals surface area contributed by atoms with E-state index in [4.69, 9.17) is 28.2 Å². The molecule has 2 aromatic carbocycles. The van der Waals surface area contributed by atoms with Gasteiger partial charge >= 0.3 is 0 Å². The minimum Gasteiger partial charge on any atom is -0.356 e. The first-order chi connectivity index (χ1) is 19.7. The molecule has 7 rings (SSSR count). The van der Waals surface area contributed by atoms with Gasteiger partial charge in [-0.15, -0.1) is 0 Å². The molecular formula is C32H40Cl2N6O. The quantitative estimate of drug-likeness (QED) is 0.275. The van der Waals surface area contributed by atoms with Crippen LogP contribution in [0.2, 0.25) is 10.0 Å². The summed E-state index contributed by atoms with van der Waals surface area (Å²) in [5.74, 6) is 3.29. The lowest BCUT2D eigenvalue weighted by Crippen LogP contribution is -2.57. The average Bonchev–Trinajstić information content (AvgIpc) is 2.95. The van der Waals surface area contributed by atoms with Gasteiger partial charge in [-0.25, -0.2) is 9.98 Å². The van der Waals surface area contributed by atoms with Gasteiger partial charge in [0, 0.05) is 48.8 Å². The molecule has 1 saturated heterocycles. The van der Waals surface area contributed by atoms with Gasteiger partial charge in [0.1, 0.15) is 0 Å². The summed E-state index contributed by atoms with van der Waals surface area (Å²) >= 11 is 12.4. The molecule has 218 valence electrons. The average molecular weight is 596 g/mol. The number of aromatic nitrogens is 2. The Kier molecular flexibility index (Phi) is 8.05. The molecule has 1 aromatic heterocycles. The zero-order valence-electron chi connectivity index (χ0n) is 24.2. The smallest absolute Gasteiger partial charge is 0.261 e. The Hall–Kier alpha value is -2.61. The van der Waals surface area contributed by atoms with E-state index >= 15 is 0 Å². The number of hydrogen-bond acceptors (Lipinski definition) is 4. The standard InChI is InChI=1S/C32H40Cl2N6O/c1-20-18-39(13-11-35-20)31(36-17-22-4-6-23-14-27(22)32(23,2)3)38-25-8-9-26-29(16-25)37-19-40(30(26)41)12-10-21-5-7-24(33)15-28(21)34/h5,7-9,15-16,19-20,22-23,27,35H,4,6,10-14,17-18H2,1-3H3,(H,36,38)/t20-,22-,23-,27+/m0/s1. The molecule has 2 N–H and O–H groups in total. The third-order valence-electron chi connectivity index (χ3n) is 9.87. The molecule has 4 atom stereocenters. The van der Waals surface area contributed by atoms with Gasteiger partial charge < -0.3 is 15.5 Å². The van der Waals surface area contributed by atoms with E-state index in [2.05, 4.69) is 41.3 Å². The Labute approximate surface area is 252 Å². The zero-order valence-corrected chi connectivity index (χ0v) is 25.7. The van der Waals surface area contributed by atoms with Crippen molar-refractivity contribution in [3.8, 4) is 0 Å². The van der Waals surface area contributed by atoms with Crippen LogP contribution in [0.15, 0.2) is 52.5 Å². The van der Waals surface area contributed by atoms with Gasteiger partial charge in [-0.3, -0.25) is 9.36 Å². The number of aryl methyl sites for hydroxylation is 2. The molecule has 0 unspecified atom stereocenters. The molecule has 41 heavy (non-hydrogen) atoms. The maximum absolute atomic E-state index is 13.3. The summed E-state index contributed by atoms with van der Waals surface area (Å²) in [5.41, 5.74) is 2.80. The number of rotatable bonds is 6. The molecule has 0 amide bonds. The monoisotopic (exact) mass is 594 g/mol. The first-order valence-corrected chi connectivity index (χ1v) is 15.7. The van der Waals surface area contributed by atoms with Crippen LogP contribution in [0.4, 0.5) is 5.69 Å². The Morgan fingerprint density at radius 2 is 2.05 bits per heavy atom. The van der Waals surface area contributed by atoms with Crippen LogP contribution >= 0.6 is 23.2 Å². The predicted molar refractivity (Wildman–Crippen MR) is 168 cm³/mol. The number of aliphatic imine (C=N–C) groups is 1. The van der Waals surface area contributed by atoms with Gasteiger partial charge in [-0.05, 0) is 91.7 Å². The van der Waals surface area contributed by atoms with Crippen LogP contribution in [0, 0.1) is 23.2 Å². The predicted octanol–water partition coefficient (Wildman–Crippen LogP) is 5.89. The van der Waals surface area contributed by atoms with Crippen molar-refractivity contribution in [3.05, 3.63) is 68.7 Å². The van der Waals surface area contributed by atoms with E-state index in [1.54, 1.807) is 17.0 Å². The van der Waals surface area contributed by atoms with Crippen LogP contribution in [-0.4, -0.2) is 52.6 Å². The number of fused-ring (bicyclic) bond motifs is 3. The molecule has 2 bridgehead atoms. The van der Waals surface area contributed by atoms with Gasteiger partial charge in [0.2, 0.25) is 0 Å². The maximum atomic E-state index is 13.3. The highest BCUT2D eigenvalue weighted by Crippen LogP contribution is 2.61. The van der Waals surface area contributed by atoms with Crippen molar-refractivity contribution in [1.29, 1.82) is 0 Å². The highest BCUT2D eigenvalue weighted by Gasteiger charge is 2.53. The third-order valence-corrected chi connectivity index (χ3v) is 10.5. The fraction of sp³-hybridized carbons (Fsp3) is 0.531. The first kappa shape index (κ1) is 28.5. The van der Waals surface area contributed by atoms with Crippen molar-refractivity contribution in [2.45, 2.75) is 59.0 Å². The van der Waals surface area contributed by atoms with Gasteiger partial charge in [-0.1, -0.05) is 43.1 Å².